The number of aryl methyl sites for hydroxylation is 2. The minimum absolute atomic E-state index is 0.00496. The topological polar surface area (TPSA) is 116 Å². The SMILES string of the molecule is Cc1cc([C@H](O)CNC[C@H]2CCc3cc(-c4ccc(C(=O)O)cc4)ccc3O2)ccc1F.O=C(O)C(F)(F)F. The molecule has 1 heterocycles. The standard InChI is InChI=1S/C26H26FNO4.C2HF3O2/c1-16-12-20(7-10-23(16)27)24(29)15-28-14-22-9-6-21-13-19(8-11-25(21)32-22)17-2-4-18(5-3-17)26(30)31;3-2(4,5)1(6)7/h2-5,7-8,10-13,22,24,28-29H,6,9,14-15H2,1H3,(H,30,31);(H,6,7)/t22-,24-;/m1./s1. The summed E-state index contributed by atoms with van der Waals surface area (Å²) >= 11 is 0. The number of benzene rings is 3. The van der Waals surface area contributed by atoms with Crippen molar-refractivity contribution < 1.29 is 47.2 Å². The number of alkyl halides is 3. The van der Waals surface area contributed by atoms with Gasteiger partial charge in [0.15, 0.2) is 0 Å². The molecule has 3 aromatic rings. The number of carboxylic acid groups (broad SMARTS) is 2. The first-order valence-corrected chi connectivity index (χ1v) is 11.9. The molecule has 4 N–H and O–H groups in total. The summed E-state index contributed by atoms with van der Waals surface area (Å²) < 4.78 is 51.3. The average Bonchev–Trinajstić information content (AvgIpc) is 2.89. The molecule has 0 spiro atoms. The quantitative estimate of drug-likeness (QED) is 0.301. The van der Waals surface area contributed by atoms with Crippen molar-refractivity contribution in [3.63, 3.8) is 0 Å². The van der Waals surface area contributed by atoms with Crippen LogP contribution in [0.15, 0.2) is 60.7 Å². The van der Waals surface area contributed by atoms with E-state index in [2.05, 4.69) is 11.4 Å². The van der Waals surface area contributed by atoms with Gasteiger partial charge in [-0.25, -0.2) is 14.0 Å². The maximum Gasteiger partial charge on any atom is 0.490 e. The summed E-state index contributed by atoms with van der Waals surface area (Å²) in [5.41, 5.74) is 4.60. The summed E-state index contributed by atoms with van der Waals surface area (Å²) in [6, 6.07) is 17.5. The van der Waals surface area contributed by atoms with Crippen molar-refractivity contribution in [2.45, 2.75) is 38.1 Å². The van der Waals surface area contributed by atoms with Crippen LogP contribution >= 0.6 is 0 Å². The van der Waals surface area contributed by atoms with Crippen molar-refractivity contribution in [2.24, 2.45) is 0 Å². The number of carbonyl (C=O) groups is 2. The van der Waals surface area contributed by atoms with E-state index in [1.807, 2.05) is 24.3 Å². The van der Waals surface area contributed by atoms with Gasteiger partial charge in [0.05, 0.1) is 11.7 Å². The van der Waals surface area contributed by atoms with E-state index in [4.69, 9.17) is 19.7 Å². The smallest absolute Gasteiger partial charge is 0.489 e. The summed E-state index contributed by atoms with van der Waals surface area (Å²) in [6.45, 7) is 2.65. The Morgan fingerprint density at radius 3 is 2.26 bits per heavy atom. The first kappa shape index (κ1) is 29.6. The molecule has 1 aliphatic rings. The fourth-order valence-electron chi connectivity index (χ4n) is 3.95. The van der Waals surface area contributed by atoms with Crippen molar-refractivity contribution in [2.75, 3.05) is 13.1 Å². The highest BCUT2D eigenvalue weighted by atomic mass is 19.4. The molecule has 0 radical (unpaired) electrons. The molecular weight excluding hydrogens is 522 g/mol. The second kappa shape index (κ2) is 12.7. The van der Waals surface area contributed by atoms with Crippen molar-refractivity contribution in [3.05, 3.63) is 88.7 Å². The van der Waals surface area contributed by atoms with Crippen LogP contribution in [-0.2, 0) is 11.2 Å². The van der Waals surface area contributed by atoms with Gasteiger partial charge in [-0.1, -0.05) is 30.3 Å². The van der Waals surface area contributed by atoms with Crippen molar-refractivity contribution in [1.82, 2.24) is 5.32 Å². The fourth-order valence-corrected chi connectivity index (χ4v) is 3.95. The molecule has 0 saturated carbocycles. The minimum Gasteiger partial charge on any atom is -0.489 e. The van der Waals surface area contributed by atoms with Gasteiger partial charge >= 0.3 is 18.1 Å². The lowest BCUT2D eigenvalue weighted by atomic mass is 9.96. The van der Waals surface area contributed by atoms with Crippen LogP contribution in [-0.4, -0.2) is 52.6 Å². The van der Waals surface area contributed by atoms with Crippen LogP contribution < -0.4 is 10.1 Å². The van der Waals surface area contributed by atoms with Gasteiger partial charge in [-0.2, -0.15) is 13.2 Å². The molecule has 0 unspecified atom stereocenters. The number of fused-ring (bicyclic) bond motifs is 1. The van der Waals surface area contributed by atoms with Gasteiger partial charge in [-0.05, 0) is 77.9 Å². The van der Waals surface area contributed by atoms with Gasteiger partial charge in [0, 0.05) is 13.1 Å². The maximum absolute atomic E-state index is 13.4. The summed E-state index contributed by atoms with van der Waals surface area (Å²) in [5.74, 6) is -3.12. The van der Waals surface area contributed by atoms with E-state index in [1.165, 1.54) is 6.07 Å². The third-order valence-electron chi connectivity index (χ3n) is 6.07. The number of aliphatic carboxylic acids is 1. The van der Waals surface area contributed by atoms with Gasteiger partial charge in [-0.15, -0.1) is 0 Å². The third kappa shape index (κ3) is 8.26. The molecule has 39 heavy (non-hydrogen) atoms. The lowest BCUT2D eigenvalue weighted by Crippen LogP contribution is -2.36. The molecule has 3 aromatic carbocycles. The van der Waals surface area contributed by atoms with E-state index in [-0.39, 0.29) is 17.5 Å². The Morgan fingerprint density at radius 2 is 1.67 bits per heavy atom. The lowest BCUT2D eigenvalue weighted by molar-refractivity contribution is -0.192. The van der Waals surface area contributed by atoms with Crippen LogP contribution in [0.5, 0.6) is 5.75 Å². The first-order chi connectivity index (χ1) is 18.3. The number of aliphatic hydroxyl groups is 1. The Bertz CT molecular complexity index is 1310. The zero-order chi connectivity index (χ0) is 28.7. The molecule has 208 valence electrons. The summed E-state index contributed by atoms with van der Waals surface area (Å²) in [4.78, 5) is 19.9. The molecule has 7 nitrogen and oxygen atoms in total. The van der Waals surface area contributed by atoms with Gasteiger partial charge in [0.25, 0.3) is 0 Å². The first-order valence-electron chi connectivity index (χ1n) is 11.9. The highest BCUT2D eigenvalue weighted by Gasteiger charge is 2.38. The van der Waals surface area contributed by atoms with Gasteiger partial charge in [0.1, 0.15) is 17.7 Å². The predicted molar refractivity (Wildman–Crippen MR) is 134 cm³/mol. The minimum atomic E-state index is -5.08. The Balaban J connectivity index is 0.000000532. The number of rotatable bonds is 7. The maximum atomic E-state index is 13.4. The van der Waals surface area contributed by atoms with Crippen LogP contribution in [0.1, 0.15) is 39.6 Å². The highest BCUT2D eigenvalue weighted by molar-refractivity contribution is 5.88. The zero-order valence-electron chi connectivity index (χ0n) is 20.8. The predicted octanol–water partition coefficient (Wildman–Crippen LogP) is 5.15. The van der Waals surface area contributed by atoms with Crippen LogP contribution in [0.25, 0.3) is 11.1 Å². The van der Waals surface area contributed by atoms with Crippen LogP contribution in [0.3, 0.4) is 0 Å². The number of aliphatic hydroxyl groups excluding tert-OH is 1. The van der Waals surface area contributed by atoms with E-state index in [0.717, 1.165) is 35.3 Å². The van der Waals surface area contributed by atoms with Crippen molar-refractivity contribution in [3.8, 4) is 16.9 Å². The monoisotopic (exact) mass is 549 g/mol. The number of halogens is 4. The Kier molecular flexibility index (Phi) is 9.66. The summed E-state index contributed by atoms with van der Waals surface area (Å²) in [5, 5.41) is 29.8. The Morgan fingerprint density at radius 1 is 1.03 bits per heavy atom. The van der Waals surface area contributed by atoms with Crippen molar-refractivity contribution in [1.29, 1.82) is 0 Å². The van der Waals surface area contributed by atoms with E-state index >= 15 is 0 Å². The zero-order valence-corrected chi connectivity index (χ0v) is 20.8. The van der Waals surface area contributed by atoms with E-state index in [9.17, 15) is 27.5 Å². The van der Waals surface area contributed by atoms with Gasteiger partial charge in [-0.3, -0.25) is 0 Å². The molecule has 0 fully saturated rings. The fraction of sp³-hybridized carbons (Fsp3) is 0.286. The van der Waals surface area contributed by atoms with Gasteiger partial charge in [0.2, 0.25) is 0 Å². The van der Waals surface area contributed by atoms with Gasteiger partial charge < -0.3 is 25.4 Å². The normalized spacial score (nSPS) is 15.3. The molecule has 0 aromatic heterocycles. The third-order valence-corrected chi connectivity index (χ3v) is 6.07. The number of carboxylic acids is 2. The second-order valence-electron chi connectivity index (χ2n) is 8.97. The molecule has 0 aliphatic carbocycles. The molecule has 4 rings (SSSR count). The number of ether oxygens (including phenoxy) is 1. The molecule has 0 amide bonds. The number of hydrogen-bond acceptors (Lipinski definition) is 5. The number of nitrogens with one attached hydrogen (secondary N) is 1. The van der Waals surface area contributed by atoms with E-state index in [0.29, 0.717) is 24.2 Å². The molecule has 0 saturated heterocycles. The Hall–Kier alpha value is -3.96. The molecule has 0 bridgehead atoms. The molecular formula is C28H27F4NO6. The summed E-state index contributed by atoms with van der Waals surface area (Å²) in [7, 11) is 0. The summed E-state index contributed by atoms with van der Waals surface area (Å²) in [6.07, 6.45) is -4.05. The largest absolute Gasteiger partial charge is 0.490 e. The molecule has 2 atom stereocenters. The van der Waals surface area contributed by atoms with Crippen molar-refractivity contribution >= 4 is 11.9 Å². The highest BCUT2D eigenvalue weighted by Crippen LogP contribution is 2.32. The molecule has 1 aliphatic heterocycles. The second-order valence-corrected chi connectivity index (χ2v) is 8.97. The van der Waals surface area contributed by atoms with E-state index in [1.54, 1.807) is 31.2 Å². The van der Waals surface area contributed by atoms with E-state index < -0.39 is 24.2 Å². The number of aromatic carboxylic acids is 1. The lowest BCUT2D eigenvalue weighted by Gasteiger charge is -2.27. The average molecular weight is 550 g/mol. The van der Waals surface area contributed by atoms with Crippen LogP contribution in [0.4, 0.5) is 17.6 Å². The molecule has 11 heteroatoms. The Labute approximate surface area is 221 Å². The number of hydrogen-bond donors (Lipinski definition) is 4. The van der Waals surface area contributed by atoms with Crippen LogP contribution in [0.2, 0.25) is 0 Å². The van der Waals surface area contributed by atoms with Crippen LogP contribution in [0, 0.1) is 12.7 Å².